The molecule has 0 bridgehead atoms. The average molecular weight is 449 g/mol. The first-order valence-corrected chi connectivity index (χ1v) is 10.3. The van der Waals surface area contributed by atoms with Gasteiger partial charge >= 0.3 is 0 Å². The fourth-order valence-corrected chi connectivity index (χ4v) is 4.41. The Morgan fingerprint density at radius 2 is 1.22 bits per heavy atom. The minimum absolute atomic E-state index is 0.314. The lowest BCUT2D eigenvalue weighted by molar-refractivity contribution is -0.0989. The first kappa shape index (κ1) is 23.8. The van der Waals surface area contributed by atoms with Crippen LogP contribution in [-0.2, 0) is 6.42 Å². The fourth-order valence-electron chi connectivity index (χ4n) is 4.41. The molecule has 2 N–H and O–H groups in total. The summed E-state index contributed by atoms with van der Waals surface area (Å²) in [4.78, 5) is 0. The van der Waals surface area contributed by atoms with Crippen LogP contribution in [0.15, 0.2) is 12.1 Å². The second kappa shape index (κ2) is 8.96. The van der Waals surface area contributed by atoms with Crippen molar-refractivity contribution in [2.75, 3.05) is 42.7 Å². The molecule has 32 heavy (non-hydrogen) atoms. The van der Waals surface area contributed by atoms with Crippen molar-refractivity contribution < 1.29 is 38.6 Å². The summed E-state index contributed by atoms with van der Waals surface area (Å²) in [5.41, 5.74) is 1.00. The Balaban J connectivity index is 2.60. The van der Waals surface area contributed by atoms with Gasteiger partial charge in [-0.3, -0.25) is 0 Å². The van der Waals surface area contributed by atoms with Crippen LogP contribution in [0, 0.1) is 5.92 Å². The van der Waals surface area contributed by atoms with Gasteiger partial charge in [-0.05, 0) is 42.5 Å². The van der Waals surface area contributed by atoms with Crippen molar-refractivity contribution in [3.8, 4) is 45.6 Å². The van der Waals surface area contributed by atoms with Crippen LogP contribution in [0.2, 0.25) is 0 Å². The van der Waals surface area contributed by atoms with Crippen LogP contribution in [0.1, 0.15) is 31.1 Å². The Hall–Kier alpha value is -2.84. The highest BCUT2D eigenvalue weighted by Crippen LogP contribution is 2.57. The molecule has 8 heteroatoms. The van der Waals surface area contributed by atoms with Crippen LogP contribution in [-0.4, -0.2) is 58.5 Å². The van der Waals surface area contributed by atoms with E-state index in [1.807, 2.05) is 13.0 Å². The van der Waals surface area contributed by atoms with Gasteiger partial charge in [0.05, 0.1) is 48.3 Å². The van der Waals surface area contributed by atoms with Crippen LogP contribution < -0.4 is 28.4 Å². The number of hydrogen-bond donors (Lipinski definition) is 2. The van der Waals surface area contributed by atoms with Crippen molar-refractivity contribution in [1.82, 2.24) is 0 Å². The number of aliphatic hydroxyl groups excluding tert-OH is 1. The van der Waals surface area contributed by atoms with Crippen molar-refractivity contribution in [2.24, 2.45) is 5.92 Å². The highest BCUT2D eigenvalue weighted by Gasteiger charge is 2.43. The molecule has 1 aliphatic rings. The molecular weight excluding hydrogens is 416 g/mol. The maximum absolute atomic E-state index is 11.4. The van der Waals surface area contributed by atoms with Gasteiger partial charge in [0.25, 0.3) is 0 Å². The van der Waals surface area contributed by atoms with Crippen molar-refractivity contribution in [2.45, 2.75) is 32.0 Å². The zero-order valence-corrected chi connectivity index (χ0v) is 19.9. The SMILES string of the molecule is COc1cc2c(c(OC)c1OC)-c1c(cc(OC)c(OC)c1OC)[C@@H](O)[C@](C)(O)[C@H](C)C2. The maximum Gasteiger partial charge on any atom is 0.203 e. The summed E-state index contributed by atoms with van der Waals surface area (Å²) in [6.07, 6.45) is -0.806. The predicted octanol–water partition coefficient (Wildman–Crippen LogP) is 3.38. The lowest BCUT2D eigenvalue weighted by Gasteiger charge is -2.39. The molecule has 0 amide bonds. The summed E-state index contributed by atoms with van der Waals surface area (Å²) in [5.74, 6) is 2.09. The average Bonchev–Trinajstić information content (AvgIpc) is 2.80. The van der Waals surface area contributed by atoms with E-state index < -0.39 is 11.7 Å². The summed E-state index contributed by atoms with van der Waals surface area (Å²) in [6.45, 7) is 3.51. The highest BCUT2D eigenvalue weighted by molar-refractivity contribution is 5.88. The molecular formula is C24H32O8. The topological polar surface area (TPSA) is 95.8 Å². The Labute approximate surface area is 188 Å². The quantitative estimate of drug-likeness (QED) is 0.694. The van der Waals surface area contributed by atoms with Crippen LogP contribution in [0.4, 0.5) is 0 Å². The van der Waals surface area contributed by atoms with E-state index in [-0.39, 0.29) is 5.92 Å². The van der Waals surface area contributed by atoms with Gasteiger partial charge in [-0.15, -0.1) is 0 Å². The molecule has 3 rings (SSSR count). The second-order valence-electron chi connectivity index (χ2n) is 8.02. The van der Waals surface area contributed by atoms with E-state index in [1.54, 1.807) is 27.2 Å². The Morgan fingerprint density at radius 3 is 1.69 bits per heavy atom. The van der Waals surface area contributed by atoms with E-state index in [2.05, 4.69) is 0 Å². The molecule has 0 aliphatic heterocycles. The molecule has 1 aliphatic carbocycles. The molecule has 0 radical (unpaired) electrons. The zero-order chi connectivity index (χ0) is 23.8. The van der Waals surface area contributed by atoms with Crippen molar-refractivity contribution >= 4 is 0 Å². The van der Waals surface area contributed by atoms with Gasteiger partial charge in [0.15, 0.2) is 23.0 Å². The minimum atomic E-state index is -1.45. The van der Waals surface area contributed by atoms with E-state index in [0.717, 1.165) is 5.56 Å². The number of hydrogen-bond acceptors (Lipinski definition) is 8. The second-order valence-corrected chi connectivity index (χ2v) is 8.02. The molecule has 8 nitrogen and oxygen atoms in total. The minimum Gasteiger partial charge on any atom is -0.493 e. The smallest absolute Gasteiger partial charge is 0.203 e. The lowest BCUT2D eigenvalue weighted by Crippen LogP contribution is -2.41. The van der Waals surface area contributed by atoms with Gasteiger partial charge < -0.3 is 38.6 Å². The van der Waals surface area contributed by atoms with Crippen molar-refractivity contribution in [3.63, 3.8) is 0 Å². The molecule has 0 aromatic heterocycles. The fraction of sp³-hybridized carbons (Fsp3) is 0.500. The van der Waals surface area contributed by atoms with Crippen LogP contribution in [0.25, 0.3) is 11.1 Å². The third-order valence-corrected chi connectivity index (χ3v) is 6.39. The standard InChI is InChI=1S/C24H32O8/c1-12-9-13-10-15(27-3)19(29-5)21(31-7)17(13)18-14(23(25)24(12,2)26)11-16(28-4)20(30-6)22(18)32-8/h10-12,23,25-26H,9H2,1-8H3/t12-,23-,24-/m1/s1. The Bertz CT molecular complexity index is 998. The first-order valence-electron chi connectivity index (χ1n) is 10.3. The molecule has 0 unspecified atom stereocenters. The molecule has 0 heterocycles. The van der Waals surface area contributed by atoms with E-state index in [0.29, 0.717) is 57.6 Å². The van der Waals surface area contributed by atoms with Crippen molar-refractivity contribution in [3.05, 3.63) is 23.3 Å². The highest BCUT2D eigenvalue weighted by atomic mass is 16.5. The number of benzene rings is 2. The monoisotopic (exact) mass is 448 g/mol. The molecule has 0 saturated carbocycles. The van der Waals surface area contributed by atoms with E-state index in [9.17, 15) is 10.2 Å². The lowest BCUT2D eigenvalue weighted by atomic mass is 9.73. The summed E-state index contributed by atoms with van der Waals surface area (Å²) >= 11 is 0. The van der Waals surface area contributed by atoms with Gasteiger partial charge in [-0.2, -0.15) is 0 Å². The number of ether oxygens (including phenoxy) is 6. The third kappa shape index (κ3) is 3.47. The number of aliphatic hydroxyl groups is 2. The van der Waals surface area contributed by atoms with Gasteiger partial charge in [0.2, 0.25) is 11.5 Å². The predicted molar refractivity (Wildman–Crippen MR) is 120 cm³/mol. The molecule has 3 atom stereocenters. The zero-order valence-electron chi connectivity index (χ0n) is 19.9. The molecule has 2 aromatic carbocycles. The summed E-state index contributed by atoms with van der Waals surface area (Å²) in [7, 11) is 9.15. The Morgan fingerprint density at radius 1 is 0.750 bits per heavy atom. The third-order valence-electron chi connectivity index (χ3n) is 6.39. The van der Waals surface area contributed by atoms with E-state index >= 15 is 0 Å². The molecule has 0 saturated heterocycles. The van der Waals surface area contributed by atoms with Gasteiger partial charge in [-0.1, -0.05) is 6.92 Å². The normalized spacial score (nSPS) is 22.1. The molecule has 0 fully saturated rings. The largest absolute Gasteiger partial charge is 0.493 e. The van der Waals surface area contributed by atoms with Crippen LogP contribution >= 0.6 is 0 Å². The van der Waals surface area contributed by atoms with E-state index in [4.69, 9.17) is 28.4 Å². The van der Waals surface area contributed by atoms with Gasteiger partial charge in [-0.25, -0.2) is 0 Å². The maximum atomic E-state index is 11.4. The molecule has 2 aromatic rings. The van der Waals surface area contributed by atoms with Crippen LogP contribution in [0.5, 0.6) is 34.5 Å². The van der Waals surface area contributed by atoms with Gasteiger partial charge in [0, 0.05) is 11.1 Å². The summed E-state index contributed by atoms with van der Waals surface area (Å²) < 4.78 is 33.9. The Kier molecular flexibility index (Phi) is 6.67. The van der Waals surface area contributed by atoms with Crippen LogP contribution in [0.3, 0.4) is 0 Å². The number of fused-ring (bicyclic) bond motifs is 3. The first-order chi connectivity index (χ1) is 15.2. The number of rotatable bonds is 6. The summed E-state index contributed by atoms with van der Waals surface area (Å²) in [5, 5.41) is 22.7. The molecule has 176 valence electrons. The summed E-state index contributed by atoms with van der Waals surface area (Å²) in [6, 6.07) is 3.52. The van der Waals surface area contributed by atoms with Gasteiger partial charge in [0.1, 0.15) is 6.10 Å². The van der Waals surface area contributed by atoms with E-state index in [1.165, 1.54) is 28.4 Å². The molecule has 0 spiro atoms. The van der Waals surface area contributed by atoms with Crippen molar-refractivity contribution in [1.29, 1.82) is 0 Å². The number of methoxy groups -OCH3 is 6.